The first kappa shape index (κ1) is 20.1. The molecular formula is C25H19Cl2FN2O. The first-order chi connectivity index (χ1) is 15.0. The lowest BCUT2D eigenvalue weighted by Crippen LogP contribution is -2.27. The number of benzene rings is 3. The highest BCUT2D eigenvalue weighted by atomic mass is 35.5. The molecule has 0 fully saturated rings. The van der Waals surface area contributed by atoms with Gasteiger partial charge in [0.1, 0.15) is 5.82 Å². The van der Waals surface area contributed by atoms with Gasteiger partial charge < -0.3 is 10.6 Å². The molecule has 1 heterocycles. The number of Topliss-reactive ketones (excluding diaryl/α,β-unsaturated/α-hetero) is 1. The maximum absolute atomic E-state index is 13.5. The molecule has 2 atom stereocenters. The van der Waals surface area contributed by atoms with Crippen LogP contribution in [0.5, 0.6) is 0 Å². The fourth-order valence-electron chi connectivity index (χ4n) is 4.47. The van der Waals surface area contributed by atoms with Gasteiger partial charge in [-0.05, 0) is 54.3 Å². The Morgan fingerprint density at radius 2 is 1.52 bits per heavy atom. The van der Waals surface area contributed by atoms with Gasteiger partial charge in [-0.3, -0.25) is 4.79 Å². The summed E-state index contributed by atoms with van der Waals surface area (Å²) in [6.07, 6.45) is 0.962. The van der Waals surface area contributed by atoms with Crippen molar-refractivity contribution in [2.75, 3.05) is 10.6 Å². The number of carbonyl (C=O) groups is 1. The van der Waals surface area contributed by atoms with Crippen molar-refractivity contribution in [3.63, 3.8) is 0 Å². The van der Waals surface area contributed by atoms with E-state index in [-0.39, 0.29) is 17.5 Å². The second-order valence-corrected chi connectivity index (χ2v) is 8.67. The minimum absolute atomic E-state index is 0.0179. The van der Waals surface area contributed by atoms with Gasteiger partial charge in [-0.1, -0.05) is 53.5 Å². The number of halogens is 3. The molecule has 5 rings (SSSR count). The van der Waals surface area contributed by atoms with Gasteiger partial charge in [0.05, 0.1) is 17.4 Å². The Morgan fingerprint density at radius 3 is 2.23 bits per heavy atom. The largest absolute Gasteiger partial charge is 0.372 e. The fourth-order valence-corrected chi connectivity index (χ4v) is 5.08. The van der Waals surface area contributed by atoms with Crippen LogP contribution in [0.4, 0.5) is 15.8 Å². The molecule has 6 heteroatoms. The number of hydrogen-bond acceptors (Lipinski definition) is 3. The van der Waals surface area contributed by atoms with Crippen molar-refractivity contribution in [1.29, 1.82) is 0 Å². The minimum Gasteiger partial charge on any atom is -0.372 e. The lowest BCUT2D eigenvalue weighted by atomic mass is 9.78. The van der Waals surface area contributed by atoms with Crippen LogP contribution in [0.1, 0.15) is 35.9 Å². The van der Waals surface area contributed by atoms with E-state index in [0.717, 1.165) is 22.6 Å². The topological polar surface area (TPSA) is 41.1 Å². The summed E-state index contributed by atoms with van der Waals surface area (Å²) >= 11 is 13.1. The third kappa shape index (κ3) is 3.71. The Labute approximate surface area is 189 Å². The van der Waals surface area contributed by atoms with Crippen LogP contribution >= 0.6 is 23.2 Å². The summed E-state index contributed by atoms with van der Waals surface area (Å²) < 4.78 is 13.4. The summed E-state index contributed by atoms with van der Waals surface area (Å²) in [5, 5.41) is 7.98. The van der Waals surface area contributed by atoms with E-state index in [2.05, 4.69) is 10.6 Å². The minimum atomic E-state index is -0.478. The van der Waals surface area contributed by atoms with E-state index in [0.29, 0.717) is 34.0 Å². The number of hydrogen-bond donors (Lipinski definition) is 2. The van der Waals surface area contributed by atoms with Crippen LogP contribution in [0.3, 0.4) is 0 Å². The molecule has 0 amide bonds. The van der Waals surface area contributed by atoms with Crippen molar-refractivity contribution in [2.24, 2.45) is 0 Å². The van der Waals surface area contributed by atoms with E-state index in [1.165, 1.54) is 12.1 Å². The fraction of sp³-hybridized carbons (Fsp3) is 0.160. The number of carbonyl (C=O) groups excluding carboxylic acids is 1. The molecule has 3 nitrogen and oxygen atoms in total. The number of para-hydroxylation sites is 2. The number of anilines is 2. The third-order valence-electron chi connectivity index (χ3n) is 5.94. The van der Waals surface area contributed by atoms with Gasteiger partial charge in [-0.15, -0.1) is 0 Å². The van der Waals surface area contributed by atoms with Crippen molar-refractivity contribution in [2.45, 2.75) is 24.8 Å². The number of rotatable bonds is 2. The molecule has 1 aliphatic heterocycles. The molecule has 0 bridgehead atoms. The van der Waals surface area contributed by atoms with E-state index in [1.807, 2.05) is 24.3 Å². The first-order valence-corrected chi connectivity index (χ1v) is 10.8. The van der Waals surface area contributed by atoms with Gasteiger partial charge in [0.15, 0.2) is 5.78 Å². The normalized spacial score (nSPS) is 20.3. The molecule has 0 spiro atoms. The first-order valence-electron chi connectivity index (χ1n) is 10.1. The van der Waals surface area contributed by atoms with E-state index in [4.69, 9.17) is 23.2 Å². The summed E-state index contributed by atoms with van der Waals surface area (Å²) in [5.74, 6) is -0.304. The van der Waals surface area contributed by atoms with Crippen LogP contribution in [0.15, 0.2) is 78.0 Å². The Kier molecular flexibility index (Phi) is 5.20. The molecule has 2 N–H and O–H groups in total. The van der Waals surface area contributed by atoms with E-state index in [1.54, 1.807) is 30.3 Å². The maximum atomic E-state index is 13.5. The Bertz CT molecular complexity index is 1190. The standard InChI is InChI=1S/C25H19Cl2FN2O/c26-17-4-3-5-18(27)23(17)25-24-21(29-19-6-1-2-7-20(19)30-25)12-15(13-22(24)31)14-8-10-16(28)11-9-14/h1-11,15,25,29-30H,12-13H2. The van der Waals surface area contributed by atoms with Gasteiger partial charge in [0.25, 0.3) is 0 Å². The molecule has 2 unspecified atom stereocenters. The molecule has 3 aromatic rings. The van der Waals surface area contributed by atoms with Gasteiger partial charge in [0, 0.05) is 33.3 Å². The zero-order chi connectivity index (χ0) is 21.5. The van der Waals surface area contributed by atoms with Gasteiger partial charge in [-0.25, -0.2) is 4.39 Å². The van der Waals surface area contributed by atoms with Crippen molar-refractivity contribution < 1.29 is 9.18 Å². The second-order valence-electron chi connectivity index (χ2n) is 7.86. The Balaban J connectivity index is 1.64. The maximum Gasteiger partial charge on any atom is 0.163 e. The zero-order valence-electron chi connectivity index (χ0n) is 16.5. The molecule has 0 saturated carbocycles. The number of nitrogens with one attached hydrogen (secondary N) is 2. The molecule has 3 aromatic carbocycles. The molecule has 2 aliphatic rings. The van der Waals surface area contributed by atoms with Crippen molar-refractivity contribution in [3.8, 4) is 0 Å². The van der Waals surface area contributed by atoms with E-state index in [9.17, 15) is 9.18 Å². The van der Waals surface area contributed by atoms with Gasteiger partial charge in [0.2, 0.25) is 0 Å². The molecule has 1 aliphatic carbocycles. The van der Waals surface area contributed by atoms with Crippen LogP contribution in [0.25, 0.3) is 0 Å². The summed E-state index contributed by atoms with van der Waals surface area (Å²) in [4.78, 5) is 13.5. The quantitative estimate of drug-likeness (QED) is 0.435. The van der Waals surface area contributed by atoms with Crippen LogP contribution in [0.2, 0.25) is 10.0 Å². The number of allylic oxidation sites excluding steroid dienone is 1. The Morgan fingerprint density at radius 1 is 0.839 bits per heavy atom. The van der Waals surface area contributed by atoms with Crippen LogP contribution in [-0.2, 0) is 4.79 Å². The van der Waals surface area contributed by atoms with Crippen molar-refractivity contribution in [3.05, 3.63) is 105 Å². The highest BCUT2D eigenvalue weighted by Crippen LogP contribution is 2.46. The Hall–Kier alpha value is -2.82. The highest BCUT2D eigenvalue weighted by Gasteiger charge is 2.37. The van der Waals surface area contributed by atoms with Crippen LogP contribution in [0, 0.1) is 5.82 Å². The SMILES string of the molecule is O=C1CC(c2ccc(F)cc2)CC2=C1C(c1c(Cl)cccc1Cl)Nc1ccccc1N2. The predicted octanol–water partition coefficient (Wildman–Crippen LogP) is 7.11. The predicted molar refractivity (Wildman–Crippen MR) is 123 cm³/mol. The molecule has 31 heavy (non-hydrogen) atoms. The lowest BCUT2D eigenvalue weighted by molar-refractivity contribution is -0.116. The smallest absolute Gasteiger partial charge is 0.163 e. The molecular weight excluding hydrogens is 434 g/mol. The van der Waals surface area contributed by atoms with Gasteiger partial charge in [-0.2, -0.15) is 0 Å². The van der Waals surface area contributed by atoms with Crippen LogP contribution in [-0.4, -0.2) is 5.78 Å². The zero-order valence-corrected chi connectivity index (χ0v) is 18.0. The molecule has 0 saturated heterocycles. The van der Waals surface area contributed by atoms with E-state index >= 15 is 0 Å². The van der Waals surface area contributed by atoms with Crippen molar-refractivity contribution in [1.82, 2.24) is 0 Å². The summed E-state index contributed by atoms with van der Waals surface area (Å²) in [6, 6.07) is 19.1. The second kappa shape index (κ2) is 8.03. The average molecular weight is 453 g/mol. The van der Waals surface area contributed by atoms with E-state index < -0.39 is 6.04 Å². The highest BCUT2D eigenvalue weighted by molar-refractivity contribution is 6.36. The van der Waals surface area contributed by atoms with Crippen molar-refractivity contribution >= 4 is 40.4 Å². The monoisotopic (exact) mass is 452 g/mol. The van der Waals surface area contributed by atoms with Gasteiger partial charge >= 0.3 is 0 Å². The number of fused-ring (bicyclic) bond motifs is 1. The summed E-state index contributed by atoms with van der Waals surface area (Å²) in [6.45, 7) is 0. The number of ketones is 1. The summed E-state index contributed by atoms with van der Waals surface area (Å²) in [5.41, 5.74) is 4.86. The van der Waals surface area contributed by atoms with Crippen LogP contribution < -0.4 is 10.6 Å². The lowest BCUT2D eigenvalue weighted by Gasteiger charge is -2.30. The molecule has 0 radical (unpaired) electrons. The molecule has 0 aromatic heterocycles. The average Bonchev–Trinajstić information content (AvgIpc) is 2.91. The third-order valence-corrected chi connectivity index (χ3v) is 6.60. The molecule has 156 valence electrons. The summed E-state index contributed by atoms with van der Waals surface area (Å²) in [7, 11) is 0.